The first-order chi connectivity index (χ1) is 13.8. The van der Waals surface area contributed by atoms with E-state index in [1.807, 2.05) is 42.5 Å². The van der Waals surface area contributed by atoms with Crippen LogP contribution in [0.25, 0.3) is 11.0 Å². The van der Waals surface area contributed by atoms with Crippen molar-refractivity contribution in [2.75, 3.05) is 30.0 Å². The summed E-state index contributed by atoms with van der Waals surface area (Å²) in [6.45, 7) is 1.43. The van der Waals surface area contributed by atoms with Crippen LogP contribution in [0.3, 0.4) is 0 Å². The number of benzene rings is 2. The number of aromatic nitrogens is 2. The number of hydrogen-bond donors (Lipinski definition) is 1. The van der Waals surface area contributed by atoms with Crippen LogP contribution < -0.4 is 9.80 Å². The number of aromatic amines is 1. The van der Waals surface area contributed by atoms with Crippen LogP contribution in [-0.2, 0) is 4.74 Å². The lowest BCUT2D eigenvalue weighted by Gasteiger charge is -2.24. The van der Waals surface area contributed by atoms with Crippen molar-refractivity contribution in [3.63, 3.8) is 0 Å². The van der Waals surface area contributed by atoms with E-state index in [0.717, 1.165) is 34.9 Å². The lowest BCUT2D eigenvalue weighted by atomic mass is 10.1. The summed E-state index contributed by atoms with van der Waals surface area (Å²) in [6.07, 6.45) is 0.998. The summed E-state index contributed by atoms with van der Waals surface area (Å²) in [6, 6.07) is 12.9. The fourth-order valence-corrected chi connectivity index (χ4v) is 3.47. The van der Waals surface area contributed by atoms with Crippen molar-refractivity contribution < 1.29 is 18.3 Å². The summed E-state index contributed by atoms with van der Waals surface area (Å²) >= 11 is 0. The van der Waals surface area contributed by atoms with Crippen molar-refractivity contribution in [3.8, 4) is 0 Å². The van der Waals surface area contributed by atoms with E-state index in [9.17, 15) is 13.6 Å². The van der Waals surface area contributed by atoms with Gasteiger partial charge < -0.3 is 14.6 Å². The quantitative estimate of drug-likeness (QED) is 0.649. The van der Waals surface area contributed by atoms with Crippen LogP contribution >= 0.6 is 0 Å². The molecule has 2 aromatic carbocycles. The second-order valence-corrected chi connectivity index (χ2v) is 7.40. The molecule has 1 aliphatic rings. The molecule has 152 valence electrons. The zero-order valence-electron chi connectivity index (χ0n) is 16.2. The third-order valence-corrected chi connectivity index (χ3v) is 5.16. The Morgan fingerprint density at radius 2 is 2.03 bits per heavy atom. The minimum Gasteiger partial charge on any atom is -0.447 e. The van der Waals surface area contributed by atoms with Gasteiger partial charge in [-0.15, -0.1) is 0 Å². The fourth-order valence-electron chi connectivity index (χ4n) is 3.47. The summed E-state index contributed by atoms with van der Waals surface area (Å²) < 4.78 is 31.5. The second-order valence-electron chi connectivity index (χ2n) is 7.40. The average Bonchev–Trinajstić information content (AvgIpc) is 3.31. The van der Waals surface area contributed by atoms with Gasteiger partial charge in [-0.25, -0.2) is 18.6 Å². The number of rotatable bonds is 6. The standard InChI is InChI=1S/C21H22F2N4O2/c1-21(22,23)9-10-26(2)15-5-3-14(4-6-15)19-12-29-20(28)27(19)16-7-8-17-18(11-16)25-13-24-17/h3-8,11,13,19H,9-10,12H2,1-2H3,(H,24,25). The van der Waals surface area contributed by atoms with E-state index >= 15 is 0 Å². The van der Waals surface area contributed by atoms with Gasteiger partial charge in [-0.1, -0.05) is 12.1 Å². The van der Waals surface area contributed by atoms with Gasteiger partial charge in [0, 0.05) is 25.7 Å². The molecule has 3 aromatic rings. The molecule has 4 rings (SSSR count). The highest BCUT2D eigenvalue weighted by atomic mass is 19.3. The highest BCUT2D eigenvalue weighted by Crippen LogP contribution is 2.34. The Bertz CT molecular complexity index is 1010. The highest BCUT2D eigenvalue weighted by molar-refractivity contribution is 5.93. The number of amides is 1. The maximum Gasteiger partial charge on any atom is 0.415 e. The van der Waals surface area contributed by atoms with Gasteiger partial charge >= 0.3 is 6.09 Å². The zero-order chi connectivity index (χ0) is 20.6. The molecule has 1 atom stereocenters. The zero-order valence-corrected chi connectivity index (χ0v) is 16.2. The number of nitrogens with zero attached hydrogens (tertiary/aromatic N) is 3. The van der Waals surface area contributed by atoms with Crippen molar-refractivity contribution >= 4 is 28.5 Å². The lowest BCUT2D eigenvalue weighted by Crippen LogP contribution is -2.27. The number of fused-ring (bicyclic) bond motifs is 1. The predicted octanol–water partition coefficient (Wildman–Crippen LogP) is 4.74. The summed E-state index contributed by atoms with van der Waals surface area (Å²) in [5.41, 5.74) is 4.14. The Labute approximate surface area is 167 Å². The van der Waals surface area contributed by atoms with Crippen molar-refractivity contribution in [2.45, 2.75) is 25.3 Å². The third-order valence-electron chi connectivity index (χ3n) is 5.16. The molecule has 0 aliphatic carbocycles. The van der Waals surface area contributed by atoms with Crippen LogP contribution in [0.5, 0.6) is 0 Å². The number of alkyl halides is 2. The fraction of sp³-hybridized carbons (Fsp3) is 0.333. The van der Waals surface area contributed by atoms with Crippen molar-refractivity contribution in [3.05, 3.63) is 54.4 Å². The lowest BCUT2D eigenvalue weighted by molar-refractivity contribution is 0.0153. The molecule has 8 heteroatoms. The molecule has 1 saturated heterocycles. The minimum absolute atomic E-state index is 0.208. The van der Waals surface area contributed by atoms with Crippen molar-refractivity contribution in [2.24, 2.45) is 0 Å². The molecule has 1 N–H and O–H groups in total. The average molecular weight is 400 g/mol. The molecule has 2 heterocycles. The van der Waals surface area contributed by atoms with E-state index in [1.165, 1.54) is 0 Å². The number of cyclic esters (lactones) is 1. The maximum absolute atomic E-state index is 13.1. The van der Waals surface area contributed by atoms with Gasteiger partial charge in [-0.05, 0) is 42.8 Å². The molecule has 0 bridgehead atoms. The van der Waals surface area contributed by atoms with Gasteiger partial charge in [0.1, 0.15) is 6.61 Å². The van der Waals surface area contributed by atoms with Gasteiger partial charge in [-0.3, -0.25) is 4.90 Å². The van der Waals surface area contributed by atoms with Gasteiger partial charge in [0.25, 0.3) is 0 Å². The number of carbonyl (C=O) groups is 1. The first kappa shape index (κ1) is 19.2. The smallest absolute Gasteiger partial charge is 0.415 e. The Hall–Kier alpha value is -3.16. The molecule has 1 fully saturated rings. The number of ether oxygens (including phenoxy) is 1. The number of hydrogen-bond acceptors (Lipinski definition) is 4. The van der Waals surface area contributed by atoms with E-state index in [-0.39, 0.29) is 25.6 Å². The van der Waals surface area contributed by atoms with Gasteiger partial charge in [0.2, 0.25) is 5.92 Å². The van der Waals surface area contributed by atoms with E-state index in [0.29, 0.717) is 0 Å². The van der Waals surface area contributed by atoms with Crippen LogP contribution in [0.15, 0.2) is 48.8 Å². The molecule has 6 nitrogen and oxygen atoms in total. The number of nitrogens with one attached hydrogen (secondary N) is 1. The number of carbonyl (C=O) groups excluding carboxylic acids is 1. The molecular weight excluding hydrogens is 378 g/mol. The Morgan fingerprint density at radius 1 is 1.28 bits per heavy atom. The number of imidazole rings is 1. The van der Waals surface area contributed by atoms with Gasteiger partial charge in [-0.2, -0.15) is 0 Å². The van der Waals surface area contributed by atoms with Gasteiger partial charge in [0.15, 0.2) is 0 Å². The van der Waals surface area contributed by atoms with E-state index in [4.69, 9.17) is 4.74 Å². The summed E-state index contributed by atoms with van der Waals surface area (Å²) in [7, 11) is 1.79. The van der Waals surface area contributed by atoms with Crippen LogP contribution in [0.1, 0.15) is 24.9 Å². The number of halogens is 2. The van der Waals surface area contributed by atoms with Crippen LogP contribution in [0.2, 0.25) is 0 Å². The minimum atomic E-state index is -2.69. The van der Waals surface area contributed by atoms with Gasteiger partial charge in [0.05, 0.1) is 29.1 Å². The summed E-state index contributed by atoms with van der Waals surface area (Å²) in [5, 5.41) is 0. The van der Waals surface area contributed by atoms with Crippen molar-refractivity contribution in [1.29, 1.82) is 0 Å². The first-order valence-electron chi connectivity index (χ1n) is 9.40. The van der Waals surface area contributed by atoms with Crippen LogP contribution in [-0.4, -0.2) is 42.2 Å². The monoisotopic (exact) mass is 400 g/mol. The molecule has 0 spiro atoms. The molecule has 1 amide bonds. The summed E-state index contributed by atoms with van der Waals surface area (Å²) in [5.74, 6) is -2.69. The number of anilines is 2. The van der Waals surface area contributed by atoms with Crippen LogP contribution in [0, 0.1) is 0 Å². The molecule has 0 saturated carbocycles. The second kappa shape index (κ2) is 7.35. The Morgan fingerprint density at radius 3 is 2.76 bits per heavy atom. The van der Waals surface area contributed by atoms with E-state index in [1.54, 1.807) is 23.2 Å². The topological polar surface area (TPSA) is 61.5 Å². The largest absolute Gasteiger partial charge is 0.447 e. The third kappa shape index (κ3) is 4.01. The number of H-pyrrole nitrogens is 1. The normalized spacial score (nSPS) is 17.0. The predicted molar refractivity (Wildman–Crippen MR) is 108 cm³/mol. The molecule has 1 aliphatic heterocycles. The maximum atomic E-state index is 13.1. The first-order valence-corrected chi connectivity index (χ1v) is 9.40. The molecule has 1 unspecified atom stereocenters. The van der Waals surface area contributed by atoms with E-state index in [2.05, 4.69) is 9.97 Å². The van der Waals surface area contributed by atoms with E-state index < -0.39 is 12.0 Å². The highest BCUT2D eigenvalue weighted by Gasteiger charge is 2.35. The molecule has 0 radical (unpaired) electrons. The SMILES string of the molecule is CN(CCC(C)(F)F)c1ccc(C2COC(=O)N2c2ccc3nc[nH]c3c2)cc1. The van der Waals surface area contributed by atoms with Crippen molar-refractivity contribution in [1.82, 2.24) is 9.97 Å². The molecular formula is C21H22F2N4O2. The summed E-state index contributed by atoms with van der Waals surface area (Å²) in [4.78, 5) is 23.0. The molecule has 1 aromatic heterocycles. The molecule has 29 heavy (non-hydrogen) atoms. The Balaban J connectivity index is 1.54. The Kier molecular flexibility index (Phi) is 4.86. The van der Waals surface area contributed by atoms with Crippen LogP contribution in [0.4, 0.5) is 25.0 Å².